The molecule has 3 nitrogen and oxygen atoms in total. The van der Waals surface area contributed by atoms with Crippen LogP contribution in [0.2, 0.25) is 5.02 Å². The molecule has 0 saturated heterocycles. The minimum atomic E-state index is -0.423. The first kappa shape index (κ1) is 16.4. The van der Waals surface area contributed by atoms with E-state index in [1.165, 1.54) is 11.0 Å². The molecular weight excluding hydrogens is 329 g/mol. The highest BCUT2D eigenvalue weighted by Crippen LogP contribution is 2.39. The number of benzene rings is 2. The smallest absolute Gasteiger partial charge is 0.265 e. The van der Waals surface area contributed by atoms with Crippen LogP contribution in [0.3, 0.4) is 0 Å². The van der Waals surface area contributed by atoms with Gasteiger partial charge in [-0.25, -0.2) is 4.39 Å². The third-order valence-corrected chi connectivity index (χ3v) is 4.66. The van der Waals surface area contributed by atoms with Crippen molar-refractivity contribution in [3.05, 3.63) is 46.2 Å². The van der Waals surface area contributed by atoms with Crippen molar-refractivity contribution >= 4 is 23.2 Å². The highest BCUT2D eigenvalue weighted by molar-refractivity contribution is 6.31. The molecule has 0 saturated carbocycles. The Morgan fingerprint density at radius 1 is 1.29 bits per heavy atom. The van der Waals surface area contributed by atoms with Crippen LogP contribution >= 0.6 is 11.6 Å². The van der Waals surface area contributed by atoms with Gasteiger partial charge in [-0.3, -0.25) is 9.69 Å². The molecule has 0 atom stereocenters. The molecule has 1 aliphatic heterocycles. The van der Waals surface area contributed by atoms with Crippen molar-refractivity contribution in [2.75, 3.05) is 18.1 Å². The summed E-state index contributed by atoms with van der Waals surface area (Å²) in [5, 5.41) is 0.627. The zero-order chi connectivity index (χ0) is 17.4. The fraction of sp³-hybridized carbons (Fsp3) is 0.211. The van der Waals surface area contributed by atoms with Gasteiger partial charge in [0.2, 0.25) is 0 Å². The molecule has 2 aromatic carbocycles. The predicted octanol–water partition coefficient (Wildman–Crippen LogP) is 4.12. The Balaban J connectivity index is 2.20. The average Bonchev–Trinajstić information content (AvgIpc) is 2.56. The maximum absolute atomic E-state index is 14.6. The Hall–Kier alpha value is -2.51. The first-order chi connectivity index (χ1) is 11.4. The van der Waals surface area contributed by atoms with Crippen LogP contribution in [-0.2, 0) is 4.79 Å². The van der Waals surface area contributed by atoms with Crippen molar-refractivity contribution in [1.29, 1.82) is 0 Å². The number of ether oxygens (including phenoxy) is 1. The Bertz CT molecular complexity index is 886. The second-order valence-corrected chi connectivity index (χ2v) is 6.02. The van der Waals surface area contributed by atoms with Gasteiger partial charge in [-0.05, 0) is 42.7 Å². The van der Waals surface area contributed by atoms with Crippen molar-refractivity contribution in [3.8, 4) is 29.2 Å². The summed E-state index contributed by atoms with van der Waals surface area (Å²) in [5.41, 5.74) is 3.35. The van der Waals surface area contributed by atoms with E-state index in [9.17, 15) is 9.18 Å². The number of nitrogens with zero attached hydrogens (tertiary/aromatic N) is 1. The number of hydrogen-bond acceptors (Lipinski definition) is 2. The van der Waals surface area contributed by atoms with Gasteiger partial charge in [0.1, 0.15) is 11.6 Å². The van der Waals surface area contributed by atoms with E-state index in [1.54, 1.807) is 18.2 Å². The summed E-state index contributed by atoms with van der Waals surface area (Å²) in [6.45, 7) is 3.73. The Morgan fingerprint density at radius 3 is 2.75 bits per heavy atom. The van der Waals surface area contributed by atoms with Gasteiger partial charge >= 0.3 is 0 Å². The summed E-state index contributed by atoms with van der Waals surface area (Å²) >= 11 is 6.12. The fourth-order valence-corrected chi connectivity index (χ4v) is 2.98. The average molecular weight is 344 g/mol. The third kappa shape index (κ3) is 2.61. The number of hydrogen-bond donors (Lipinski definition) is 0. The van der Waals surface area contributed by atoms with E-state index in [0.29, 0.717) is 22.0 Å². The van der Waals surface area contributed by atoms with Crippen LogP contribution in [0.15, 0.2) is 24.3 Å². The topological polar surface area (TPSA) is 29.5 Å². The van der Waals surface area contributed by atoms with Gasteiger partial charge in [-0.2, -0.15) is 0 Å². The molecule has 0 fully saturated rings. The number of fused-ring (bicyclic) bond motifs is 1. The van der Waals surface area contributed by atoms with E-state index < -0.39 is 5.82 Å². The maximum atomic E-state index is 14.6. The second-order valence-electron chi connectivity index (χ2n) is 5.62. The molecule has 2 aromatic rings. The van der Waals surface area contributed by atoms with Crippen molar-refractivity contribution in [3.63, 3.8) is 0 Å². The number of anilines is 1. The lowest BCUT2D eigenvalue weighted by Crippen LogP contribution is -2.39. The molecule has 0 unspecified atom stereocenters. The largest absolute Gasteiger partial charge is 0.481 e. The molecule has 3 rings (SSSR count). The predicted molar refractivity (Wildman–Crippen MR) is 93.0 cm³/mol. The van der Waals surface area contributed by atoms with Gasteiger partial charge in [-0.15, -0.1) is 6.42 Å². The van der Waals surface area contributed by atoms with Crippen LogP contribution in [0.25, 0.3) is 11.1 Å². The summed E-state index contributed by atoms with van der Waals surface area (Å²) in [6.07, 6.45) is 5.34. The molecule has 5 heteroatoms. The van der Waals surface area contributed by atoms with E-state index in [4.69, 9.17) is 22.8 Å². The molecule has 0 aromatic heterocycles. The highest BCUT2D eigenvalue weighted by Gasteiger charge is 2.27. The standard InChI is InChI=1S/C19H15ClFNO2/c1-4-7-22-17-8-14(13-5-6-15(20)12(3)11(13)2)16(21)9-18(17)24-10-19(22)23/h1,5-6,8-9H,7,10H2,2-3H3. The van der Waals surface area contributed by atoms with Crippen LogP contribution in [0.5, 0.6) is 5.75 Å². The first-order valence-corrected chi connectivity index (χ1v) is 7.78. The number of halogens is 2. The van der Waals surface area contributed by atoms with Gasteiger partial charge in [-0.1, -0.05) is 23.6 Å². The lowest BCUT2D eigenvalue weighted by molar-refractivity contribution is -0.121. The summed E-state index contributed by atoms with van der Waals surface area (Å²) in [4.78, 5) is 13.5. The molecule has 1 heterocycles. The van der Waals surface area contributed by atoms with Gasteiger partial charge in [0.25, 0.3) is 5.91 Å². The Kier molecular flexibility index (Phi) is 4.21. The van der Waals surface area contributed by atoms with E-state index in [2.05, 4.69) is 5.92 Å². The van der Waals surface area contributed by atoms with E-state index in [0.717, 1.165) is 16.7 Å². The molecule has 0 aliphatic carbocycles. The van der Waals surface area contributed by atoms with E-state index >= 15 is 0 Å². The van der Waals surface area contributed by atoms with Gasteiger partial charge in [0.05, 0.1) is 12.2 Å². The van der Waals surface area contributed by atoms with Gasteiger partial charge < -0.3 is 4.74 Å². The minimum Gasteiger partial charge on any atom is -0.481 e. The molecule has 0 spiro atoms. The Labute approximate surface area is 145 Å². The summed E-state index contributed by atoms with van der Waals surface area (Å²) in [7, 11) is 0. The number of amides is 1. The normalized spacial score (nSPS) is 13.3. The van der Waals surface area contributed by atoms with Crippen LogP contribution in [-0.4, -0.2) is 19.1 Å². The van der Waals surface area contributed by atoms with Crippen molar-refractivity contribution in [2.45, 2.75) is 13.8 Å². The number of rotatable bonds is 2. The molecule has 1 aliphatic rings. The molecular formula is C19H15ClFNO2. The SMILES string of the molecule is C#CCN1C(=O)COc2cc(F)c(-c3ccc(Cl)c(C)c3C)cc21. The number of carbonyl (C=O) groups excluding carboxylic acids is 1. The van der Waals surface area contributed by atoms with E-state index in [-0.39, 0.29) is 19.1 Å². The number of terminal acetylenes is 1. The molecule has 24 heavy (non-hydrogen) atoms. The first-order valence-electron chi connectivity index (χ1n) is 7.40. The Morgan fingerprint density at radius 2 is 2.04 bits per heavy atom. The zero-order valence-corrected chi connectivity index (χ0v) is 14.1. The lowest BCUT2D eigenvalue weighted by Gasteiger charge is -2.28. The molecule has 0 bridgehead atoms. The molecule has 0 radical (unpaired) electrons. The third-order valence-electron chi connectivity index (χ3n) is 4.25. The van der Waals surface area contributed by atoms with Gasteiger partial charge in [0.15, 0.2) is 6.61 Å². The van der Waals surface area contributed by atoms with E-state index in [1.807, 2.05) is 13.8 Å². The fourth-order valence-electron chi connectivity index (χ4n) is 2.77. The van der Waals surface area contributed by atoms with Crippen LogP contribution < -0.4 is 9.64 Å². The van der Waals surface area contributed by atoms with Crippen molar-refractivity contribution in [2.24, 2.45) is 0 Å². The van der Waals surface area contributed by atoms with Gasteiger partial charge in [0, 0.05) is 16.7 Å². The van der Waals surface area contributed by atoms with Crippen LogP contribution in [0, 0.1) is 32.0 Å². The van der Waals surface area contributed by atoms with Crippen LogP contribution in [0.4, 0.5) is 10.1 Å². The monoisotopic (exact) mass is 343 g/mol. The minimum absolute atomic E-state index is 0.110. The summed E-state index contributed by atoms with van der Waals surface area (Å²) in [6, 6.07) is 6.41. The van der Waals surface area contributed by atoms with Crippen molar-refractivity contribution in [1.82, 2.24) is 0 Å². The summed E-state index contributed by atoms with van der Waals surface area (Å²) < 4.78 is 20.0. The zero-order valence-electron chi connectivity index (χ0n) is 13.3. The molecule has 0 N–H and O–H groups in total. The van der Waals surface area contributed by atoms with Crippen molar-refractivity contribution < 1.29 is 13.9 Å². The maximum Gasteiger partial charge on any atom is 0.265 e. The number of carbonyl (C=O) groups is 1. The second kappa shape index (κ2) is 6.18. The lowest BCUT2D eigenvalue weighted by atomic mass is 9.95. The highest BCUT2D eigenvalue weighted by atomic mass is 35.5. The molecule has 122 valence electrons. The summed E-state index contributed by atoms with van der Waals surface area (Å²) in [5.74, 6) is 2.09. The quantitative estimate of drug-likeness (QED) is 0.768. The van der Waals surface area contributed by atoms with Crippen LogP contribution in [0.1, 0.15) is 11.1 Å². The molecule has 1 amide bonds.